The number of fused-ring (bicyclic) bond motifs is 1. The molecule has 1 aromatic carbocycles. The lowest BCUT2D eigenvalue weighted by atomic mass is 10.0. The van der Waals surface area contributed by atoms with Crippen LogP contribution in [0.2, 0.25) is 10.0 Å². The van der Waals surface area contributed by atoms with Crippen LogP contribution >= 0.6 is 23.2 Å². The van der Waals surface area contributed by atoms with Gasteiger partial charge in [0.2, 0.25) is 11.8 Å². The van der Waals surface area contributed by atoms with Crippen LogP contribution in [0.15, 0.2) is 31.0 Å². The highest BCUT2D eigenvalue weighted by molar-refractivity contribution is 6.41. The highest BCUT2D eigenvalue weighted by Gasteiger charge is 2.40. The second-order valence-electron chi connectivity index (χ2n) is 10.1. The number of hydrogen-bond acceptors (Lipinski definition) is 9. The maximum atomic E-state index is 14.1. The quantitative estimate of drug-likeness (QED) is 0.266. The summed E-state index contributed by atoms with van der Waals surface area (Å²) < 4.78 is 44.6. The molecule has 2 aliphatic rings. The van der Waals surface area contributed by atoms with Crippen molar-refractivity contribution in [1.82, 2.24) is 20.3 Å². The van der Waals surface area contributed by atoms with Crippen LogP contribution < -0.4 is 25.4 Å². The topological polar surface area (TPSA) is 120 Å². The highest BCUT2D eigenvalue weighted by Crippen LogP contribution is 2.46. The predicted octanol–water partition coefficient (Wildman–Crippen LogP) is 5.49. The molecule has 1 aliphatic carbocycles. The van der Waals surface area contributed by atoms with Gasteiger partial charge in [0, 0.05) is 36.9 Å². The van der Waals surface area contributed by atoms with Gasteiger partial charge in [-0.05, 0) is 25.0 Å². The highest BCUT2D eigenvalue weighted by atomic mass is 35.5. The predicted molar refractivity (Wildman–Crippen MR) is 157 cm³/mol. The van der Waals surface area contributed by atoms with Gasteiger partial charge in [0.1, 0.15) is 23.1 Å². The molecule has 3 heterocycles. The fraction of sp³-hybridized carbons (Fsp3) is 0.429. The number of nitrogens with zero attached hydrogens (tertiary/aromatic N) is 3. The first-order valence-electron chi connectivity index (χ1n) is 13.3. The lowest BCUT2D eigenvalue weighted by Crippen LogP contribution is -2.52. The van der Waals surface area contributed by atoms with Crippen LogP contribution in [0.4, 0.5) is 20.4 Å². The van der Waals surface area contributed by atoms with E-state index in [2.05, 4.69) is 32.5 Å². The smallest absolute Gasteiger partial charge is 0.250 e. The van der Waals surface area contributed by atoms with Crippen LogP contribution in [0, 0.1) is 0 Å². The number of halogens is 4. The van der Waals surface area contributed by atoms with Crippen LogP contribution in [0.1, 0.15) is 25.7 Å². The van der Waals surface area contributed by atoms with Gasteiger partial charge in [0.25, 0.3) is 0 Å². The van der Waals surface area contributed by atoms with E-state index < -0.39 is 12.0 Å². The van der Waals surface area contributed by atoms with Gasteiger partial charge < -0.3 is 30.2 Å². The maximum absolute atomic E-state index is 14.1. The Balaban J connectivity index is 1.57. The molecule has 1 aliphatic heterocycles. The molecule has 1 saturated carbocycles. The second-order valence-corrected chi connectivity index (χ2v) is 10.9. The van der Waals surface area contributed by atoms with Crippen molar-refractivity contribution in [2.45, 2.75) is 49.7 Å². The Bertz CT molecular complexity index is 1480. The summed E-state index contributed by atoms with van der Waals surface area (Å²) in [6.45, 7) is 4.36. The Hall–Kier alpha value is -3.48. The van der Waals surface area contributed by atoms with Crippen molar-refractivity contribution in [2.75, 3.05) is 38.1 Å². The van der Waals surface area contributed by atoms with E-state index >= 15 is 0 Å². The molecular formula is C28H30Cl2F2N6O4. The summed E-state index contributed by atoms with van der Waals surface area (Å²) in [7, 11) is 2.91. The number of amides is 1. The second kappa shape index (κ2) is 12.4. The number of alkyl halides is 2. The van der Waals surface area contributed by atoms with Crippen LogP contribution in [0.5, 0.6) is 11.5 Å². The zero-order valence-corrected chi connectivity index (χ0v) is 24.5. The standard InChI is InChI=1S/C28H30Cl2F2N6O4/c1-4-22(39)36-16-6-8-42-13-18(16)35-21-9-15-17(12-33-21)37-27(38-26(15)34-14-5-7-28(31,32)11-14)23-24(29)19(40-2)10-20(41-3)25(23)30/h4,9-10,12,14,16,18H,1,5-8,11,13H2,2-3H3,(H,33,35)(H,36,39)(H,34,37,38)/t14?,16-,18+/m0/s1. The van der Waals surface area contributed by atoms with Gasteiger partial charge >= 0.3 is 0 Å². The van der Waals surface area contributed by atoms with Crippen molar-refractivity contribution in [1.29, 1.82) is 0 Å². The molecule has 14 heteroatoms. The summed E-state index contributed by atoms with van der Waals surface area (Å²) >= 11 is 13.3. The van der Waals surface area contributed by atoms with Crippen LogP contribution in [0.3, 0.4) is 0 Å². The van der Waals surface area contributed by atoms with Gasteiger partial charge in [0.15, 0.2) is 5.82 Å². The van der Waals surface area contributed by atoms with Crippen molar-refractivity contribution >= 4 is 51.6 Å². The Labute approximate surface area is 251 Å². The van der Waals surface area contributed by atoms with Gasteiger partial charge in [-0.1, -0.05) is 29.8 Å². The number of aromatic nitrogens is 3. The minimum absolute atomic E-state index is 0.136. The number of benzene rings is 1. The number of pyridine rings is 1. The molecule has 5 rings (SSSR count). The summed E-state index contributed by atoms with van der Waals surface area (Å²) in [4.78, 5) is 25.9. The number of methoxy groups -OCH3 is 2. The number of rotatable bonds is 9. The first kappa shape index (κ1) is 30.0. The van der Waals surface area contributed by atoms with Gasteiger partial charge in [0.05, 0.1) is 60.2 Å². The number of ether oxygens (including phenoxy) is 3. The van der Waals surface area contributed by atoms with Gasteiger partial charge in [-0.15, -0.1) is 0 Å². The summed E-state index contributed by atoms with van der Waals surface area (Å²) in [5.74, 6) is -1.54. The average Bonchev–Trinajstić information content (AvgIpc) is 3.32. The van der Waals surface area contributed by atoms with E-state index in [1.165, 1.54) is 26.5 Å². The maximum Gasteiger partial charge on any atom is 0.250 e. The average molecular weight is 623 g/mol. The normalized spacial score (nSPS) is 21.5. The SMILES string of the molecule is C=CC(=O)N[C@H]1CCOC[C@H]1Nc1cc2c(NC3CCC(F)(F)C3)nc(-c3c(Cl)c(OC)cc(OC)c3Cl)nc2cn1. The third kappa shape index (κ3) is 6.30. The molecule has 0 spiro atoms. The van der Waals surface area contributed by atoms with E-state index in [1.54, 1.807) is 12.1 Å². The van der Waals surface area contributed by atoms with E-state index in [9.17, 15) is 13.6 Å². The minimum atomic E-state index is -2.77. The third-order valence-corrected chi connectivity index (χ3v) is 8.08. The van der Waals surface area contributed by atoms with Crippen LogP contribution in [-0.2, 0) is 9.53 Å². The van der Waals surface area contributed by atoms with Crippen molar-refractivity contribution < 1.29 is 27.8 Å². The summed E-state index contributed by atoms with van der Waals surface area (Å²) in [6, 6.07) is 2.26. The molecule has 2 fully saturated rings. The third-order valence-electron chi connectivity index (χ3n) is 7.33. The molecule has 3 atom stereocenters. The molecule has 3 aromatic rings. The first-order valence-corrected chi connectivity index (χ1v) is 14.1. The van der Waals surface area contributed by atoms with Crippen LogP contribution in [-0.4, -0.2) is 72.3 Å². The Morgan fingerprint density at radius 3 is 2.50 bits per heavy atom. The van der Waals surface area contributed by atoms with Gasteiger partial charge in [-0.3, -0.25) is 4.79 Å². The molecule has 1 saturated heterocycles. The summed E-state index contributed by atoms with van der Waals surface area (Å²) in [5.41, 5.74) is 0.682. The number of nitrogens with one attached hydrogen (secondary N) is 3. The number of carbonyl (C=O) groups is 1. The Morgan fingerprint density at radius 1 is 1.12 bits per heavy atom. The van der Waals surface area contributed by atoms with Crippen molar-refractivity contribution in [3.05, 3.63) is 41.0 Å². The van der Waals surface area contributed by atoms with E-state index in [1.807, 2.05) is 0 Å². The molecule has 1 amide bonds. The van der Waals surface area contributed by atoms with Crippen molar-refractivity contribution in [3.8, 4) is 22.9 Å². The molecular weight excluding hydrogens is 593 g/mol. The lowest BCUT2D eigenvalue weighted by molar-refractivity contribution is -0.117. The minimum Gasteiger partial charge on any atom is -0.495 e. The fourth-order valence-electron chi connectivity index (χ4n) is 5.17. The number of carbonyl (C=O) groups excluding carboxylic acids is 1. The monoisotopic (exact) mass is 622 g/mol. The number of anilines is 2. The molecule has 0 radical (unpaired) electrons. The molecule has 3 N–H and O–H groups in total. The van der Waals surface area contributed by atoms with E-state index in [4.69, 9.17) is 42.4 Å². The van der Waals surface area contributed by atoms with Gasteiger partial charge in [-0.25, -0.2) is 23.7 Å². The first-order chi connectivity index (χ1) is 20.1. The molecule has 2 aromatic heterocycles. The van der Waals surface area contributed by atoms with E-state index in [0.717, 1.165) is 0 Å². The molecule has 1 unspecified atom stereocenters. The Kier molecular flexibility index (Phi) is 8.86. The fourth-order valence-corrected chi connectivity index (χ4v) is 5.84. The molecule has 10 nitrogen and oxygen atoms in total. The summed E-state index contributed by atoms with van der Waals surface area (Å²) in [5, 5.41) is 10.3. The van der Waals surface area contributed by atoms with Crippen LogP contribution in [0.25, 0.3) is 22.3 Å². The van der Waals surface area contributed by atoms with E-state index in [0.29, 0.717) is 53.7 Å². The lowest BCUT2D eigenvalue weighted by Gasteiger charge is -2.32. The zero-order valence-electron chi connectivity index (χ0n) is 23.0. The Morgan fingerprint density at radius 2 is 1.86 bits per heavy atom. The number of hydrogen-bond donors (Lipinski definition) is 3. The molecule has 0 bridgehead atoms. The van der Waals surface area contributed by atoms with Crippen molar-refractivity contribution in [3.63, 3.8) is 0 Å². The molecule has 224 valence electrons. The largest absolute Gasteiger partial charge is 0.495 e. The zero-order chi connectivity index (χ0) is 30.0. The van der Waals surface area contributed by atoms with Crippen molar-refractivity contribution in [2.24, 2.45) is 0 Å². The summed E-state index contributed by atoms with van der Waals surface area (Å²) in [6.07, 6.45) is 3.07. The molecule has 42 heavy (non-hydrogen) atoms. The van der Waals surface area contributed by atoms with E-state index in [-0.39, 0.29) is 58.7 Å². The van der Waals surface area contributed by atoms with Gasteiger partial charge in [-0.2, -0.15) is 0 Å².